The predicted molar refractivity (Wildman–Crippen MR) is 334 cm³/mol. The topological polar surface area (TPSA) is 65.2 Å². The molecule has 0 aliphatic rings. The van der Waals surface area contributed by atoms with Gasteiger partial charge in [-0.15, -0.1) is 0 Å². The Morgan fingerprint density at radius 1 is 0.321 bits per heavy atom. The van der Waals surface area contributed by atoms with E-state index in [1.807, 2.05) is 48.8 Å². The van der Waals surface area contributed by atoms with Crippen LogP contribution >= 0.6 is 0 Å². The van der Waals surface area contributed by atoms with Gasteiger partial charge in [-0.2, -0.15) is 0 Å². The van der Waals surface area contributed by atoms with Gasteiger partial charge in [-0.1, -0.05) is 296 Å². The average Bonchev–Trinajstić information content (AvgIpc) is 3.67. The van der Waals surface area contributed by atoms with Crippen molar-refractivity contribution in [2.24, 2.45) is 9.98 Å². The Morgan fingerprint density at radius 2 is 0.538 bits per heavy atom. The molecule has 0 aromatic heterocycles. The van der Waals surface area contributed by atoms with Gasteiger partial charge in [0.1, 0.15) is 23.6 Å². The number of benzene rings is 10. The molecule has 2 N–H and O–H groups in total. The van der Waals surface area contributed by atoms with Crippen LogP contribution in [0.3, 0.4) is 0 Å². The summed E-state index contributed by atoms with van der Waals surface area (Å²) in [7, 11) is -6.39. The predicted octanol–water partition coefficient (Wildman–Crippen LogP) is 11.5. The number of aliphatic imine (C=N–C) groups is 2. The summed E-state index contributed by atoms with van der Waals surface area (Å²) in [6.45, 7) is 13.4. The molecule has 0 spiro atoms. The van der Waals surface area contributed by atoms with Crippen molar-refractivity contribution in [2.45, 2.75) is 64.5 Å². The van der Waals surface area contributed by atoms with E-state index in [0.29, 0.717) is 11.1 Å². The van der Waals surface area contributed by atoms with E-state index in [0.717, 1.165) is 32.6 Å². The summed E-state index contributed by atoms with van der Waals surface area (Å²) in [5, 5.41) is 35.3. The Labute approximate surface area is 463 Å². The van der Waals surface area contributed by atoms with Crippen molar-refractivity contribution in [1.82, 2.24) is 0 Å². The molecule has 0 bridgehead atoms. The molecule has 6 heteroatoms. The molecule has 4 nitrogen and oxygen atoms in total. The van der Waals surface area contributed by atoms with Gasteiger partial charge in [0.25, 0.3) is 0 Å². The summed E-state index contributed by atoms with van der Waals surface area (Å²) < 4.78 is 0. The van der Waals surface area contributed by atoms with Gasteiger partial charge in [0.05, 0.1) is 0 Å². The van der Waals surface area contributed by atoms with Crippen LogP contribution in [0.25, 0.3) is 0 Å². The van der Waals surface area contributed by atoms with Gasteiger partial charge in [0, 0.05) is 23.6 Å². The van der Waals surface area contributed by atoms with Crippen LogP contribution in [0.15, 0.2) is 277 Å². The highest BCUT2D eigenvalue weighted by molar-refractivity contribution is 7.21. The summed E-state index contributed by atoms with van der Waals surface area (Å²) in [6.07, 6.45) is 3.76. The van der Waals surface area contributed by atoms with E-state index in [1.165, 1.54) is 31.1 Å². The Morgan fingerprint density at radius 3 is 0.756 bits per heavy atom. The van der Waals surface area contributed by atoms with Gasteiger partial charge in [-0.25, -0.2) is 0 Å². The zero-order chi connectivity index (χ0) is 54.3. The zero-order valence-corrected chi connectivity index (χ0v) is 47.5. The summed E-state index contributed by atoms with van der Waals surface area (Å²) >= 11 is 0. The van der Waals surface area contributed by atoms with Gasteiger partial charge >= 0.3 is 0 Å². The second-order valence-electron chi connectivity index (χ2n) is 22.4. The van der Waals surface area contributed by atoms with E-state index in [4.69, 9.17) is 9.98 Å². The highest BCUT2D eigenvalue weighted by atomic mass is 28.3. The monoisotopic (exact) mass is 1050 g/mol. The third kappa shape index (κ3) is 10.4. The molecule has 0 aliphatic heterocycles. The van der Waals surface area contributed by atoms with Crippen LogP contribution in [0.1, 0.15) is 87.0 Å². The molecular formula is C72H68N2O2Si2. The minimum Gasteiger partial charge on any atom is -0.507 e. The molecule has 0 fully saturated rings. The Hall–Kier alpha value is -8.43. The van der Waals surface area contributed by atoms with Crippen molar-refractivity contribution in [3.8, 4) is 11.5 Å². The van der Waals surface area contributed by atoms with Crippen LogP contribution < -0.4 is 41.5 Å². The van der Waals surface area contributed by atoms with Crippen LogP contribution in [-0.4, -0.2) is 38.8 Å². The molecule has 78 heavy (non-hydrogen) atoms. The van der Waals surface area contributed by atoms with E-state index in [-0.39, 0.29) is 22.3 Å². The Kier molecular flexibility index (Phi) is 15.4. The highest BCUT2D eigenvalue weighted by Crippen LogP contribution is 2.37. The van der Waals surface area contributed by atoms with Crippen molar-refractivity contribution in [1.29, 1.82) is 0 Å². The van der Waals surface area contributed by atoms with E-state index in [2.05, 4.69) is 272 Å². The van der Waals surface area contributed by atoms with Crippen LogP contribution in [0.5, 0.6) is 11.5 Å². The first kappa shape index (κ1) is 53.0. The number of aromatic hydroxyl groups is 2. The van der Waals surface area contributed by atoms with Crippen molar-refractivity contribution in [3.05, 3.63) is 300 Å². The van der Waals surface area contributed by atoms with Crippen molar-refractivity contribution in [3.63, 3.8) is 0 Å². The lowest BCUT2D eigenvalue weighted by Gasteiger charge is -2.36. The SMILES string of the molecule is CC(C)(C)c1cc(C=N[C@@H](c2ccccc2)[C@@H](N=Cc2cc(C(C)(C)C)cc([Si](c3ccccc3)(c3ccccc3)c3ccccc3)c2O)c2ccccc2)c(O)c([Si](c2ccccc2)(c2ccccc2)c2ccccc2)c1. The number of rotatable bonds is 15. The fourth-order valence-electron chi connectivity index (χ4n) is 11.3. The van der Waals surface area contributed by atoms with E-state index in [9.17, 15) is 10.2 Å². The van der Waals surface area contributed by atoms with Crippen LogP contribution in [-0.2, 0) is 10.8 Å². The smallest absolute Gasteiger partial charge is 0.183 e. The van der Waals surface area contributed by atoms with Crippen LogP contribution in [0.4, 0.5) is 0 Å². The number of hydrogen-bond acceptors (Lipinski definition) is 4. The van der Waals surface area contributed by atoms with Crippen molar-refractivity contribution in [2.75, 3.05) is 0 Å². The molecule has 0 aliphatic carbocycles. The van der Waals surface area contributed by atoms with Gasteiger partial charge in [-0.05, 0) is 86.7 Å². The maximum atomic E-state index is 13.2. The lowest BCUT2D eigenvalue weighted by Crippen LogP contribution is -2.74. The summed E-state index contributed by atoms with van der Waals surface area (Å²) in [5.74, 6) is 0.418. The summed E-state index contributed by atoms with van der Waals surface area (Å²) in [5.41, 5.74) is 4.82. The maximum absolute atomic E-state index is 13.2. The van der Waals surface area contributed by atoms with Gasteiger partial charge in [0.15, 0.2) is 16.1 Å². The summed E-state index contributed by atoms with van der Waals surface area (Å²) in [6, 6.07) is 92.7. The fourth-order valence-corrected chi connectivity index (χ4v) is 21.1. The van der Waals surface area contributed by atoms with E-state index < -0.39 is 28.2 Å². The molecule has 0 amide bonds. The highest BCUT2D eigenvalue weighted by Gasteiger charge is 2.46. The first-order valence-electron chi connectivity index (χ1n) is 27.1. The number of hydrogen-bond donors (Lipinski definition) is 2. The van der Waals surface area contributed by atoms with E-state index >= 15 is 0 Å². The first-order chi connectivity index (χ1) is 37.8. The number of phenolic OH excluding ortho intramolecular Hbond substituents is 2. The minimum atomic E-state index is -3.19. The summed E-state index contributed by atoms with van der Waals surface area (Å²) in [4.78, 5) is 11.2. The fraction of sp³-hybridized carbons (Fsp3) is 0.139. The second-order valence-corrected chi connectivity index (χ2v) is 29.9. The third-order valence-electron chi connectivity index (χ3n) is 15.4. The minimum absolute atomic E-state index is 0.209. The molecule has 10 rings (SSSR count). The van der Waals surface area contributed by atoms with Gasteiger partial charge < -0.3 is 10.2 Å². The first-order valence-corrected chi connectivity index (χ1v) is 31.1. The molecule has 10 aromatic rings. The standard InChI is InChI=1S/C72H68N2O2Si2/c1-71(2,3)57-47-55(69(75)65(49-57)77(59-35-19-9-20-36-59,60-37-21-10-22-38-60)61-39-23-11-24-40-61)51-73-67(53-31-15-7-16-32-53)68(54-33-17-8-18-34-54)74-52-56-48-58(72(4,5)6)50-66(70(56)76)78(62-41-25-12-26-42-62,63-43-27-13-28-44-63)64-45-29-14-30-46-64/h7-52,67-68,75-76H,1-6H3/t67-,68-/m0/s1. The second kappa shape index (κ2) is 22.7. The maximum Gasteiger partial charge on any atom is 0.183 e. The normalized spacial score (nSPS) is 13.2. The zero-order valence-electron chi connectivity index (χ0n) is 45.5. The quantitative estimate of drug-likeness (QED) is 0.0610. The Bertz CT molecular complexity index is 3200. The number of nitrogens with zero attached hydrogens (tertiary/aromatic N) is 2. The molecule has 0 saturated heterocycles. The lowest BCUT2D eigenvalue weighted by molar-refractivity contribution is 0.476. The number of phenols is 2. The van der Waals surface area contributed by atoms with Crippen molar-refractivity contribution < 1.29 is 10.2 Å². The van der Waals surface area contributed by atoms with Gasteiger partial charge in [0.2, 0.25) is 0 Å². The molecule has 0 heterocycles. The largest absolute Gasteiger partial charge is 0.507 e. The molecule has 0 radical (unpaired) electrons. The lowest BCUT2D eigenvalue weighted by atomic mass is 9.86. The molecule has 10 aromatic carbocycles. The van der Waals surface area contributed by atoms with Crippen LogP contribution in [0, 0.1) is 0 Å². The van der Waals surface area contributed by atoms with Crippen LogP contribution in [0.2, 0.25) is 0 Å². The average molecular weight is 1050 g/mol. The molecular weight excluding hydrogens is 981 g/mol. The van der Waals surface area contributed by atoms with Gasteiger partial charge in [-0.3, -0.25) is 9.98 Å². The third-order valence-corrected chi connectivity index (χ3v) is 25.0. The molecule has 386 valence electrons. The Balaban J connectivity index is 1.20. The molecule has 0 unspecified atom stereocenters. The van der Waals surface area contributed by atoms with Crippen molar-refractivity contribution >= 4 is 70.1 Å². The van der Waals surface area contributed by atoms with E-state index in [1.54, 1.807) is 0 Å². The molecule has 0 saturated carbocycles. The molecule has 2 atom stereocenters.